The van der Waals surface area contributed by atoms with Crippen molar-refractivity contribution in [2.45, 2.75) is 110 Å². The Morgan fingerprint density at radius 1 is 1.07 bits per heavy atom. The monoisotopic (exact) mass is 406 g/mol. The third kappa shape index (κ3) is 9.84. The van der Waals surface area contributed by atoms with Gasteiger partial charge in [0.25, 0.3) is 0 Å². The van der Waals surface area contributed by atoms with Crippen molar-refractivity contribution < 1.29 is 19.4 Å². The van der Waals surface area contributed by atoms with Crippen LogP contribution in [-0.2, 0) is 14.3 Å². The van der Waals surface area contributed by atoms with Gasteiger partial charge in [0.05, 0.1) is 6.61 Å². The zero-order chi connectivity index (χ0) is 20.7. The number of aliphatic carboxylic acids is 1. The average Bonchev–Trinajstić information content (AvgIpc) is 3.24. The summed E-state index contributed by atoms with van der Waals surface area (Å²) in [5, 5.41) is 9.86. The van der Waals surface area contributed by atoms with E-state index in [-0.39, 0.29) is 6.29 Å². The lowest BCUT2D eigenvalue weighted by molar-refractivity contribution is -0.155. The van der Waals surface area contributed by atoms with E-state index in [1.165, 1.54) is 44.9 Å². The molecule has 2 fully saturated rings. The molecule has 1 saturated carbocycles. The molecule has 0 spiro atoms. The first-order valence-corrected chi connectivity index (χ1v) is 12.1. The molecule has 0 radical (unpaired) electrons. The Morgan fingerprint density at radius 3 is 2.55 bits per heavy atom. The van der Waals surface area contributed by atoms with Crippen molar-refractivity contribution in [2.24, 2.45) is 11.8 Å². The zero-order valence-electron chi connectivity index (χ0n) is 18.4. The molecule has 2 unspecified atom stereocenters. The molecular weight excluding hydrogens is 364 g/mol. The number of carbonyl (C=O) groups is 1. The number of hydrogen-bond donors (Lipinski definition) is 1. The number of carboxylic acid groups (broad SMARTS) is 1. The van der Waals surface area contributed by atoms with E-state index < -0.39 is 11.9 Å². The summed E-state index contributed by atoms with van der Waals surface area (Å²) in [5.41, 5.74) is 0. The molecule has 1 saturated heterocycles. The minimum absolute atomic E-state index is 0.287. The summed E-state index contributed by atoms with van der Waals surface area (Å²) in [6.07, 6.45) is 22.7. The second kappa shape index (κ2) is 14.7. The Kier molecular flexibility index (Phi) is 12.1. The average molecular weight is 407 g/mol. The molecule has 1 aliphatic carbocycles. The lowest BCUT2D eigenvalue weighted by Crippen LogP contribution is -2.26. The van der Waals surface area contributed by atoms with E-state index in [0.29, 0.717) is 18.8 Å². The van der Waals surface area contributed by atoms with Crippen LogP contribution >= 0.6 is 0 Å². The van der Waals surface area contributed by atoms with E-state index in [1.807, 2.05) is 6.08 Å². The highest BCUT2D eigenvalue weighted by Crippen LogP contribution is 2.28. The lowest BCUT2D eigenvalue weighted by Gasteiger charge is -2.27. The van der Waals surface area contributed by atoms with Crippen LogP contribution in [0, 0.1) is 11.8 Å². The molecule has 1 aliphatic heterocycles. The first-order chi connectivity index (χ1) is 14.2. The molecule has 1 N–H and O–H groups in total. The fourth-order valence-electron chi connectivity index (χ4n) is 4.35. The quantitative estimate of drug-likeness (QED) is 0.192. The molecular formula is C25H42O4. The molecule has 29 heavy (non-hydrogen) atoms. The highest BCUT2D eigenvalue weighted by atomic mass is 16.7. The molecule has 0 amide bonds. The van der Waals surface area contributed by atoms with E-state index in [0.717, 1.165) is 50.9 Å². The van der Waals surface area contributed by atoms with Gasteiger partial charge in [0.2, 0.25) is 0 Å². The van der Waals surface area contributed by atoms with Crippen LogP contribution in [0.3, 0.4) is 0 Å². The van der Waals surface area contributed by atoms with E-state index >= 15 is 0 Å². The summed E-state index contributed by atoms with van der Waals surface area (Å²) in [7, 11) is 0. The largest absolute Gasteiger partial charge is 0.481 e. The van der Waals surface area contributed by atoms with E-state index in [9.17, 15) is 9.90 Å². The van der Waals surface area contributed by atoms with Crippen molar-refractivity contribution in [2.75, 3.05) is 6.61 Å². The summed E-state index contributed by atoms with van der Waals surface area (Å²) in [4.78, 5) is 12.0. The van der Waals surface area contributed by atoms with Crippen LogP contribution in [0.4, 0.5) is 0 Å². The number of carboxylic acids is 1. The second-order valence-corrected chi connectivity index (χ2v) is 8.70. The van der Waals surface area contributed by atoms with Crippen LogP contribution in [0.5, 0.6) is 0 Å². The van der Waals surface area contributed by atoms with Crippen molar-refractivity contribution in [3.8, 4) is 0 Å². The molecule has 0 aromatic heterocycles. The van der Waals surface area contributed by atoms with E-state index in [1.54, 1.807) is 0 Å². The normalized spacial score (nSPS) is 22.2. The Hall–Kier alpha value is -1.29. The molecule has 166 valence electrons. The Balaban J connectivity index is 1.89. The Labute approximate surface area is 177 Å². The first-order valence-electron chi connectivity index (χ1n) is 12.1. The standard InChI is InChI=1S/C25H42O4/c1-2-3-4-5-9-18-23(29-24-19-12-13-20-28-24)22(25(26)27)17-8-6-7-14-21-15-10-11-16-21/h6-7,18,21-22,24H,2-5,8-17,19-20H2,1H3,(H,26,27)/b7-6+,23-18-. The van der Waals surface area contributed by atoms with E-state index in [2.05, 4.69) is 19.1 Å². The smallest absolute Gasteiger partial charge is 0.314 e. The summed E-state index contributed by atoms with van der Waals surface area (Å²) < 4.78 is 11.8. The molecule has 0 aromatic carbocycles. The maximum Gasteiger partial charge on any atom is 0.314 e. The maximum absolute atomic E-state index is 12.0. The van der Waals surface area contributed by atoms with Gasteiger partial charge in [0.15, 0.2) is 6.29 Å². The molecule has 2 atom stereocenters. The number of hydrogen-bond acceptors (Lipinski definition) is 3. The van der Waals surface area contributed by atoms with Crippen LogP contribution in [0.25, 0.3) is 0 Å². The van der Waals surface area contributed by atoms with Crippen molar-refractivity contribution in [3.05, 3.63) is 24.0 Å². The van der Waals surface area contributed by atoms with Crippen LogP contribution in [-0.4, -0.2) is 24.0 Å². The predicted octanol–water partition coefficient (Wildman–Crippen LogP) is 7.00. The molecule has 0 bridgehead atoms. The first kappa shape index (κ1) is 24.0. The summed E-state index contributed by atoms with van der Waals surface area (Å²) in [6, 6.07) is 0. The van der Waals surface area contributed by atoms with Gasteiger partial charge in [-0.3, -0.25) is 4.79 Å². The lowest BCUT2D eigenvalue weighted by atomic mass is 9.98. The second-order valence-electron chi connectivity index (χ2n) is 8.70. The van der Waals surface area contributed by atoms with Gasteiger partial charge in [-0.2, -0.15) is 0 Å². The highest BCUT2D eigenvalue weighted by molar-refractivity contribution is 5.73. The highest BCUT2D eigenvalue weighted by Gasteiger charge is 2.26. The van der Waals surface area contributed by atoms with E-state index in [4.69, 9.17) is 9.47 Å². The fourth-order valence-corrected chi connectivity index (χ4v) is 4.35. The molecule has 2 rings (SSSR count). The Bertz CT molecular complexity index is 499. The minimum Gasteiger partial charge on any atom is -0.481 e. The molecule has 0 aromatic rings. The zero-order valence-corrected chi connectivity index (χ0v) is 18.4. The fraction of sp³-hybridized carbons (Fsp3) is 0.800. The van der Waals surface area contributed by atoms with Crippen LogP contribution in [0.1, 0.15) is 103 Å². The van der Waals surface area contributed by atoms with Crippen molar-refractivity contribution in [3.63, 3.8) is 0 Å². The van der Waals surface area contributed by atoms with Crippen LogP contribution < -0.4 is 0 Å². The third-order valence-electron chi connectivity index (χ3n) is 6.18. The van der Waals surface area contributed by atoms with Gasteiger partial charge in [-0.25, -0.2) is 0 Å². The summed E-state index contributed by atoms with van der Waals surface area (Å²) in [6.45, 7) is 2.90. The van der Waals surface area contributed by atoms with Crippen LogP contribution in [0.15, 0.2) is 24.0 Å². The van der Waals surface area contributed by atoms with Crippen molar-refractivity contribution in [1.29, 1.82) is 0 Å². The van der Waals surface area contributed by atoms with Gasteiger partial charge in [-0.1, -0.05) is 64.0 Å². The molecule has 2 aliphatic rings. The molecule has 1 heterocycles. The van der Waals surface area contributed by atoms with Gasteiger partial charge in [0.1, 0.15) is 11.7 Å². The summed E-state index contributed by atoms with van der Waals surface area (Å²) >= 11 is 0. The number of unbranched alkanes of at least 4 members (excludes halogenated alkanes) is 4. The van der Waals surface area contributed by atoms with Gasteiger partial charge >= 0.3 is 5.97 Å². The minimum atomic E-state index is -0.787. The SMILES string of the molecule is CCCCCC/C=C(\OC1CCCCO1)C(CC/C=C/CC1CCCC1)C(=O)O. The van der Waals surface area contributed by atoms with Gasteiger partial charge in [-0.15, -0.1) is 0 Å². The third-order valence-corrected chi connectivity index (χ3v) is 6.18. The van der Waals surface area contributed by atoms with Gasteiger partial charge in [0, 0.05) is 6.42 Å². The topological polar surface area (TPSA) is 55.8 Å². The van der Waals surface area contributed by atoms with Crippen molar-refractivity contribution in [1.82, 2.24) is 0 Å². The number of ether oxygens (including phenoxy) is 2. The van der Waals surface area contributed by atoms with Crippen molar-refractivity contribution >= 4 is 5.97 Å². The Morgan fingerprint density at radius 2 is 1.86 bits per heavy atom. The molecule has 4 heteroatoms. The van der Waals surface area contributed by atoms with Gasteiger partial charge < -0.3 is 14.6 Å². The number of rotatable bonds is 14. The number of allylic oxidation sites excluding steroid dienone is 3. The van der Waals surface area contributed by atoms with Gasteiger partial charge in [-0.05, 0) is 56.9 Å². The summed E-state index contributed by atoms with van der Waals surface area (Å²) in [5.74, 6) is 0.0876. The predicted molar refractivity (Wildman–Crippen MR) is 118 cm³/mol. The molecule has 4 nitrogen and oxygen atoms in total. The maximum atomic E-state index is 12.0. The van der Waals surface area contributed by atoms with Crippen LogP contribution in [0.2, 0.25) is 0 Å².